The third kappa shape index (κ3) is 3.87. The van der Waals surface area contributed by atoms with Crippen LogP contribution in [0, 0.1) is 0 Å². The summed E-state index contributed by atoms with van der Waals surface area (Å²) < 4.78 is 16.2. The van der Waals surface area contributed by atoms with E-state index < -0.39 is 6.10 Å². The Balaban J connectivity index is 2.10. The standard InChI is InChI=1S/C16H25NO4/c1-11-10-21-12(2)8-17(11)9-15(18)14-6-5-13(19-3)7-16(14)20-4/h5-7,11-12,15,18H,8-10H2,1-4H3. The third-order valence-electron chi connectivity index (χ3n) is 3.94. The largest absolute Gasteiger partial charge is 0.497 e. The number of hydrogen-bond donors (Lipinski definition) is 1. The highest BCUT2D eigenvalue weighted by atomic mass is 16.5. The summed E-state index contributed by atoms with van der Waals surface area (Å²) in [5, 5.41) is 10.5. The van der Waals surface area contributed by atoms with Gasteiger partial charge in [-0.15, -0.1) is 0 Å². The van der Waals surface area contributed by atoms with E-state index >= 15 is 0 Å². The van der Waals surface area contributed by atoms with E-state index in [-0.39, 0.29) is 6.10 Å². The van der Waals surface area contributed by atoms with Crippen LogP contribution in [0.3, 0.4) is 0 Å². The molecular weight excluding hydrogens is 270 g/mol. The second kappa shape index (κ2) is 7.11. The maximum atomic E-state index is 10.5. The molecule has 1 aromatic carbocycles. The smallest absolute Gasteiger partial charge is 0.128 e. The SMILES string of the molecule is COc1ccc(C(O)CN2CC(C)OCC2C)c(OC)c1. The van der Waals surface area contributed by atoms with E-state index in [0.717, 1.165) is 17.9 Å². The molecule has 3 atom stereocenters. The van der Waals surface area contributed by atoms with E-state index in [1.165, 1.54) is 0 Å². The van der Waals surface area contributed by atoms with Crippen molar-refractivity contribution < 1.29 is 19.3 Å². The highest BCUT2D eigenvalue weighted by Crippen LogP contribution is 2.30. The summed E-state index contributed by atoms with van der Waals surface area (Å²) >= 11 is 0. The fourth-order valence-electron chi connectivity index (χ4n) is 2.64. The van der Waals surface area contributed by atoms with Gasteiger partial charge >= 0.3 is 0 Å². The Labute approximate surface area is 126 Å². The number of aliphatic hydroxyl groups is 1. The lowest BCUT2D eigenvalue weighted by atomic mass is 10.1. The van der Waals surface area contributed by atoms with Gasteiger partial charge < -0.3 is 19.3 Å². The van der Waals surface area contributed by atoms with Gasteiger partial charge in [0, 0.05) is 30.8 Å². The first-order valence-electron chi connectivity index (χ1n) is 7.30. The molecule has 0 amide bonds. The number of morpholine rings is 1. The first-order valence-corrected chi connectivity index (χ1v) is 7.30. The molecule has 0 aliphatic carbocycles. The maximum Gasteiger partial charge on any atom is 0.128 e. The van der Waals surface area contributed by atoms with Gasteiger partial charge in [0.25, 0.3) is 0 Å². The summed E-state index contributed by atoms with van der Waals surface area (Å²) in [6.07, 6.45) is -0.398. The van der Waals surface area contributed by atoms with Crippen LogP contribution in [0.1, 0.15) is 25.5 Å². The van der Waals surface area contributed by atoms with Crippen LogP contribution >= 0.6 is 0 Å². The van der Waals surface area contributed by atoms with Gasteiger partial charge in [0.15, 0.2) is 0 Å². The summed E-state index contributed by atoms with van der Waals surface area (Å²) in [6.45, 7) is 6.27. The van der Waals surface area contributed by atoms with Crippen molar-refractivity contribution in [2.24, 2.45) is 0 Å². The molecule has 0 aromatic heterocycles. The Morgan fingerprint density at radius 3 is 2.76 bits per heavy atom. The lowest BCUT2D eigenvalue weighted by molar-refractivity contribution is -0.0621. The van der Waals surface area contributed by atoms with Crippen molar-refractivity contribution in [1.82, 2.24) is 4.90 Å². The molecule has 118 valence electrons. The molecule has 1 saturated heterocycles. The first-order chi connectivity index (χ1) is 10.0. The summed E-state index contributed by atoms with van der Waals surface area (Å²) in [4.78, 5) is 2.25. The summed E-state index contributed by atoms with van der Waals surface area (Å²) in [6, 6.07) is 5.80. The van der Waals surface area contributed by atoms with Crippen LogP contribution < -0.4 is 9.47 Å². The molecule has 3 unspecified atom stereocenters. The molecule has 1 N–H and O–H groups in total. The zero-order valence-corrected chi connectivity index (χ0v) is 13.2. The van der Waals surface area contributed by atoms with Gasteiger partial charge in [-0.3, -0.25) is 4.90 Å². The molecule has 1 heterocycles. The van der Waals surface area contributed by atoms with Crippen molar-refractivity contribution >= 4 is 0 Å². The number of aliphatic hydroxyl groups excluding tert-OH is 1. The molecular formula is C16H25NO4. The predicted octanol–water partition coefficient (Wildman–Crippen LogP) is 1.85. The predicted molar refractivity (Wildman–Crippen MR) is 81.0 cm³/mol. The average molecular weight is 295 g/mol. The van der Waals surface area contributed by atoms with E-state index in [9.17, 15) is 5.11 Å². The molecule has 1 aliphatic rings. The Morgan fingerprint density at radius 2 is 2.10 bits per heavy atom. The second-order valence-electron chi connectivity index (χ2n) is 5.57. The fraction of sp³-hybridized carbons (Fsp3) is 0.625. The zero-order valence-electron chi connectivity index (χ0n) is 13.2. The van der Waals surface area contributed by atoms with Crippen LogP contribution in [0.2, 0.25) is 0 Å². The van der Waals surface area contributed by atoms with Crippen LogP contribution in [0.15, 0.2) is 18.2 Å². The van der Waals surface area contributed by atoms with Gasteiger partial charge in [0.1, 0.15) is 11.5 Å². The van der Waals surface area contributed by atoms with E-state index in [1.807, 2.05) is 12.1 Å². The van der Waals surface area contributed by atoms with Crippen LogP contribution in [0.5, 0.6) is 11.5 Å². The van der Waals surface area contributed by atoms with Crippen LogP contribution in [-0.4, -0.2) is 56.1 Å². The number of rotatable bonds is 5. The van der Waals surface area contributed by atoms with Crippen LogP contribution in [0.4, 0.5) is 0 Å². The lowest BCUT2D eigenvalue weighted by Crippen LogP contribution is -2.48. The molecule has 1 fully saturated rings. The van der Waals surface area contributed by atoms with Crippen LogP contribution in [-0.2, 0) is 4.74 Å². The summed E-state index contributed by atoms with van der Waals surface area (Å²) in [5.74, 6) is 1.37. The first kappa shape index (κ1) is 16.1. The van der Waals surface area contributed by atoms with E-state index in [2.05, 4.69) is 18.7 Å². The molecule has 5 nitrogen and oxygen atoms in total. The molecule has 0 spiro atoms. The van der Waals surface area contributed by atoms with Gasteiger partial charge in [-0.25, -0.2) is 0 Å². The maximum absolute atomic E-state index is 10.5. The third-order valence-corrected chi connectivity index (χ3v) is 3.94. The van der Waals surface area contributed by atoms with Crippen molar-refractivity contribution in [3.8, 4) is 11.5 Å². The Morgan fingerprint density at radius 1 is 1.33 bits per heavy atom. The minimum Gasteiger partial charge on any atom is -0.497 e. The molecule has 1 aliphatic heterocycles. The van der Waals surface area contributed by atoms with E-state index in [1.54, 1.807) is 20.3 Å². The molecule has 21 heavy (non-hydrogen) atoms. The number of benzene rings is 1. The summed E-state index contributed by atoms with van der Waals surface area (Å²) in [7, 11) is 3.21. The van der Waals surface area contributed by atoms with Crippen molar-refractivity contribution in [3.63, 3.8) is 0 Å². The Kier molecular flexibility index (Phi) is 5.45. The molecule has 0 bridgehead atoms. The number of nitrogens with zero attached hydrogens (tertiary/aromatic N) is 1. The van der Waals surface area contributed by atoms with Crippen LogP contribution in [0.25, 0.3) is 0 Å². The average Bonchev–Trinajstić information content (AvgIpc) is 2.50. The minimum atomic E-state index is -0.599. The van der Waals surface area contributed by atoms with Crippen molar-refractivity contribution in [1.29, 1.82) is 0 Å². The molecule has 0 saturated carbocycles. The summed E-state index contributed by atoms with van der Waals surface area (Å²) in [5.41, 5.74) is 0.782. The van der Waals surface area contributed by atoms with E-state index in [4.69, 9.17) is 14.2 Å². The topological polar surface area (TPSA) is 51.2 Å². The highest BCUT2D eigenvalue weighted by Gasteiger charge is 2.26. The van der Waals surface area contributed by atoms with E-state index in [0.29, 0.717) is 24.9 Å². The van der Waals surface area contributed by atoms with Gasteiger partial charge in [-0.05, 0) is 26.0 Å². The Hall–Kier alpha value is -1.30. The quantitative estimate of drug-likeness (QED) is 0.898. The molecule has 1 aromatic rings. The zero-order chi connectivity index (χ0) is 15.4. The van der Waals surface area contributed by atoms with Gasteiger partial charge in [-0.1, -0.05) is 0 Å². The van der Waals surface area contributed by atoms with Crippen molar-refractivity contribution in [2.75, 3.05) is 33.9 Å². The normalized spacial score (nSPS) is 24.6. The van der Waals surface area contributed by atoms with Crippen molar-refractivity contribution in [3.05, 3.63) is 23.8 Å². The van der Waals surface area contributed by atoms with Gasteiger partial charge in [0.05, 0.1) is 33.0 Å². The molecule has 2 rings (SSSR count). The second-order valence-corrected chi connectivity index (χ2v) is 5.57. The highest BCUT2D eigenvalue weighted by molar-refractivity contribution is 5.42. The number of ether oxygens (including phenoxy) is 3. The molecule has 5 heteroatoms. The van der Waals surface area contributed by atoms with Gasteiger partial charge in [-0.2, -0.15) is 0 Å². The fourth-order valence-corrected chi connectivity index (χ4v) is 2.64. The minimum absolute atomic E-state index is 0.200. The molecule has 0 radical (unpaired) electrons. The number of hydrogen-bond acceptors (Lipinski definition) is 5. The number of methoxy groups -OCH3 is 2. The Bertz CT molecular complexity index is 466. The number of β-amino-alcohol motifs (C(OH)–C–C–N with tert-alkyl or cyclic N) is 1. The lowest BCUT2D eigenvalue weighted by Gasteiger charge is -2.37. The van der Waals surface area contributed by atoms with Crippen molar-refractivity contribution in [2.45, 2.75) is 32.1 Å². The monoisotopic (exact) mass is 295 g/mol. The van der Waals surface area contributed by atoms with Gasteiger partial charge in [0.2, 0.25) is 0 Å².